The zero-order chi connectivity index (χ0) is 10.5. The van der Waals surface area contributed by atoms with Crippen molar-refractivity contribution in [3.8, 4) is 0 Å². The molecule has 1 aromatic carbocycles. The summed E-state index contributed by atoms with van der Waals surface area (Å²) in [6.45, 7) is 3.39. The summed E-state index contributed by atoms with van der Waals surface area (Å²) in [7, 11) is 0. The Hall–Kier alpha value is -1.71. The Bertz CT molecular complexity index is 364. The molecule has 0 saturated carbocycles. The molecule has 0 aromatic heterocycles. The van der Waals surface area contributed by atoms with Gasteiger partial charge in [-0.2, -0.15) is 0 Å². The highest BCUT2D eigenvalue weighted by molar-refractivity contribution is 5.52. The number of ether oxygens (including phenoxy) is 1. The van der Waals surface area contributed by atoms with E-state index in [9.17, 15) is 0 Å². The molecule has 1 heterocycles. The van der Waals surface area contributed by atoms with Crippen LogP contribution in [0.5, 0.6) is 0 Å². The Morgan fingerprint density at radius 3 is 2.47 bits per heavy atom. The molecule has 1 saturated heterocycles. The fourth-order valence-corrected chi connectivity index (χ4v) is 1.60. The smallest absolute Gasteiger partial charge is 0.0642 e. The van der Waals surface area contributed by atoms with E-state index in [1.54, 1.807) is 0 Å². The second-order valence-electron chi connectivity index (χ2n) is 3.31. The molecule has 1 aliphatic rings. The normalized spacial score (nSPS) is 15.9. The van der Waals surface area contributed by atoms with Gasteiger partial charge in [0, 0.05) is 29.4 Å². The molecule has 1 aromatic rings. The number of hydrogen-bond donors (Lipinski definition) is 0. The molecule has 15 heavy (non-hydrogen) atoms. The molecule has 0 N–H and O–H groups in total. The SMILES string of the molecule is [N-]=[N+]=Nc1ccc(N2CCOCC2)cc1. The summed E-state index contributed by atoms with van der Waals surface area (Å²) in [4.78, 5) is 4.99. The van der Waals surface area contributed by atoms with Gasteiger partial charge in [-0.3, -0.25) is 0 Å². The number of morpholine rings is 1. The fourth-order valence-electron chi connectivity index (χ4n) is 1.60. The summed E-state index contributed by atoms with van der Waals surface area (Å²) in [6.07, 6.45) is 0. The minimum Gasteiger partial charge on any atom is -0.378 e. The number of benzene rings is 1. The molecule has 0 atom stereocenters. The van der Waals surface area contributed by atoms with Crippen molar-refractivity contribution < 1.29 is 4.74 Å². The molecule has 0 spiro atoms. The third-order valence-electron chi connectivity index (χ3n) is 2.39. The van der Waals surface area contributed by atoms with E-state index in [1.807, 2.05) is 24.3 Å². The minimum absolute atomic E-state index is 0.648. The second-order valence-corrected chi connectivity index (χ2v) is 3.31. The molecule has 1 aliphatic heterocycles. The predicted molar refractivity (Wildman–Crippen MR) is 58.3 cm³/mol. The van der Waals surface area contributed by atoms with Crippen molar-refractivity contribution in [1.82, 2.24) is 0 Å². The lowest BCUT2D eigenvalue weighted by Crippen LogP contribution is -2.36. The monoisotopic (exact) mass is 204 g/mol. The maximum Gasteiger partial charge on any atom is 0.0642 e. The van der Waals surface area contributed by atoms with Crippen LogP contribution in [-0.4, -0.2) is 26.3 Å². The van der Waals surface area contributed by atoms with Crippen molar-refractivity contribution in [2.75, 3.05) is 31.2 Å². The fraction of sp³-hybridized carbons (Fsp3) is 0.400. The Labute approximate surface area is 87.9 Å². The third kappa shape index (κ3) is 2.40. The van der Waals surface area contributed by atoms with Gasteiger partial charge in [-0.15, -0.1) is 0 Å². The average Bonchev–Trinajstić information content (AvgIpc) is 2.32. The summed E-state index contributed by atoms with van der Waals surface area (Å²) in [5.74, 6) is 0. The van der Waals surface area contributed by atoms with Crippen LogP contribution in [0.2, 0.25) is 0 Å². The van der Waals surface area contributed by atoms with Crippen LogP contribution in [0, 0.1) is 0 Å². The van der Waals surface area contributed by atoms with E-state index in [4.69, 9.17) is 10.3 Å². The number of azide groups is 1. The molecule has 0 amide bonds. The maximum atomic E-state index is 8.27. The highest BCUT2D eigenvalue weighted by atomic mass is 16.5. The maximum absolute atomic E-state index is 8.27. The molecule has 1 fully saturated rings. The largest absolute Gasteiger partial charge is 0.378 e. The molecule has 2 rings (SSSR count). The average molecular weight is 204 g/mol. The van der Waals surface area contributed by atoms with Gasteiger partial charge in [0.1, 0.15) is 0 Å². The topological polar surface area (TPSA) is 61.2 Å². The Balaban J connectivity index is 2.11. The van der Waals surface area contributed by atoms with Crippen molar-refractivity contribution in [2.24, 2.45) is 5.11 Å². The van der Waals surface area contributed by atoms with E-state index in [0.29, 0.717) is 5.69 Å². The van der Waals surface area contributed by atoms with Crippen molar-refractivity contribution in [3.63, 3.8) is 0 Å². The summed E-state index contributed by atoms with van der Waals surface area (Å²) in [5, 5.41) is 3.53. The lowest BCUT2D eigenvalue weighted by molar-refractivity contribution is 0.122. The number of anilines is 1. The van der Waals surface area contributed by atoms with Gasteiger partial charge >= 0.3 is 0 Å². The van der Waals surface area contributed by atoms with Gasteiger partial charge in [0.05, 0.1) is 13.2 Å². The first kappa shape index (κ1) is 9.83. The summed E-state index contributed by atoms with van der Waals surface area (Å²) < 4.78 is 5.28. The van der Waals surface area contributed by atoms with E-state index >= 15 is 0 Å². The van der Waals surface area contributed by atoms with Gasteiger partial charge < -0.3 is 9.64 Å². The van der Waals surface area contributed by atoms with Crippen molar-refractivity contribution in [1.29, 1.82) is 0 Å². The van der Waals surface area contributed by atoms with E-state index < -0.39 is 0 Å². The van der Waals surface area contributed by atoms with Crippen LogP contribution >= 0.6 is 0 Å². The number of nitrogens with zero attached hydrogens (tertiary/aromatic N) is 4. The van der Waals surface area contributed by atoms with E-state index in [1.165, 1.54) is 0 Å². The Morgan fingerprint density at radius 2 is 1.87 bits per heavy atom. The first-order chi connectivity index (χ1) is 7.40. The molecule has 0 radical (unpaired) electrons. The van der Waals surface area contributed by atoms with Crippen LogP contribution in [0.1, 0.15) is 0 Å². The van der Waals surface area contributed by atoms with Crippen LogP contribution in [0.25, 0.3) is 10.4 Å². The lowest BCUT2D eigenvalue weighted by Gasteiger charge is -2.28. The van der Waals surface area contributed by atoms with E-state index in [-0.39, 0.29) is 0 Å². The molecule has 0 aliphatic carbocycles. The van der Waals surface area contributed by atoms with Gasteiger partial charge in [-0.25, -0.2) is 0 Å². The van der Waals surface area contributed by atoms with Gasteiger partial charge in [0.25, 0.3) is 0 Å². The van der Waals surface area contributed by atoms with E-state index in [2.05, 4.69) is 14.9 Å². The van der Waals surface area contributed by atoms with Crippen molar-refractivity contribution in [3.05, 3.63) is 34.7 Å². The second kappa shape index (κ2) is 4.68. The van der Waals surface area contributed by atoms with Crippen molar-refractivity contribution in [2.45, 2.75) is 0 Å². The molecular formula is C10H12N4O. The van der Waals surface area contributed by atoms with E-state index in [0.717, 1.165) is 32.0 Å². The molecule has 78 valence electrons. The summed E-state index contributed by atoms with van der Waals surface area (Å²) >= 11 is 0. The van der Waals surface area contributed by atoms with Gasteiger partial charge in [0.2, 0.25) is 0 Å². The minimum atomic E-state index is 0.648. The first-order valence-electron chi connectivity index (χ1n) is 4.88. The van der Waals surface area contributed by atoms with Gasteiger partial charge in [-0.1, -0.05) is 17.2 Å². The first-order valence-corrected chi connectivity index (χ1v) is 4.88. The highest BCUT2D eigenvalue weighted by Gasteiger charge is 2.10. The van der Waals surface area contributed by atoms with Crippen molar-refractivity contribution >= 4 is 11.4 Å². The predicted octanol–water partition coefficient (Wildman–Crippen LogP) is 2.47. The Morgan fingerprint density at radius 1 is 1.20 bits per heavy atom. The lowest BCUT2D eigenvalue weighted by atomic mass is 10.2. The summed E-state index contributed by atoms with van der Waals surface area (Å²) in [5.41, 5.74) is 10.1. The van der Waals surface area contributed by atoms with Gasteiger partial charge in [0.15, 0.2) is 0 Å². The van der Waals surface area contributed by atoms with Gasteiger partial charge in [-0.05, 0) is 17.7 Å². The molecule has 0 bridgehead atoms. The molecule has 0 unspecified atom stereocenters. The van der Waals surface area contributed by atoms with Crippen LogP contribution in [0.3, 0.4) is 0 Å². The Kier molecular flexibility index (Phi) is 3.07. The zero-order valence-electron chi connectivity index (χ0n) is 8.33. The van der Waals surface area contributed by atoms with Crippen LogP contribution < -0.4 is 4.90 Å². The summed E-state index contributed by atoms with van der Waals surface area (Å²) in [6, 6.07) is 7.58. The molecular weight excluding hydrogens is 192 g/mol. The molecule has 5 nitrogen and oxygen atoms in total. The standard InChI is InChI=1S/C10H12N4O/c11-13-12-9-1-3-10(4-2-9)14-5-7-15-8-6-14/h1-4H,5-8H2. The highest BCUT2D eigenvalue weighted by Crippen LogP contribution is 2.20. The zero-order valence-corrected chi connectivity index (χ0v) is 8.33. The van der Waals surface area contributed by atoms with Crippen LogP contribution in [0.15, 0.2) is 29.4 Å². The molecule has 5 heteroatoms. The number of rotatable bonds is 2. The third-order valence-corrected chi connectivity index (χ3v) is 2.39. The van der Waals surface area contributed by atoms with Crippen LogP contribution in [0.4, 0.5) is 11.4 Å². The van der Waals surface area contributed by atoms with Crippen LogP contribution in [-0.2, 0) is 4.74 Å². The number of hydrogen-bond acceptors (Lipinski definition) is 3. The quantitative estimate of drug-likeness (QED) is 0.422.